The van der Waals surface area contributed by atoms with Crippen LogP contribution < -0.4 is 0 Å². The molecule has 1 aliphatic rings. The lowest BCUT2D eigenvalue weighted by Crippen LogP contribution is -2.39. The number of rotatable bonds is 4. The summed E-state index contributed by atoms with van der Waals surface area (Å²) < 4.78 is 13.2. The van der Waals surface area contributed by atoms with Crippen LogP contribution in [-0.4, -0.2) is 41.6 Å². The lowest BCUT2D eigenvalue weighted by molar-refractivity contribution is -0.143. The maximum absolute atomic E-state index is 13.2. The minimum Gasteiger partial charge on any atom is -0.481 e. The molecule has 0 radical (unpaired) electrons. The molecule has 0 aromatic heterocycles. The Kier molecular flexibility index (Phi) is 4.90. The van der Waals surface area contributed by atoms with Gasteiger partial charge in [-0.2, -0.15) is 0 Å². The van der Waals surface area contributed by atoms with Gasteiger partial charge in [0.2, 0.25) is 5.91 Å². The fourth-order valence-corrected chi connectivity index (χ4v) is 2.24. The molecule has 4 nitrogen and oxygen atoms in total. The van der Waals surface area contributed by atoms with Gasteiger partial charge in [0.05, 0.1) is 5.92 Å². The lowest BCUT2D eigenvalue weighted by Gasteiger charge is -2.28. The molecule has 0 aromatic rings. The Morgan fingerprint density at radius 3 is 2.65 bits per heavy atom. The zero-order chi connectivity index (χ0) is 13.0. The number of carbonyl (C=O) groups is 2. The molecule has 0 aromatic carbocycles. The lowest BCUT2D eigenvalue weighted by atomic mass is 9.87. The third-order valence-electron chi connectivity index (χ3n) is 3.30. The molecule has 0 spiro atoms. The first-order valence-electron chi connectivity index (χ1n) is 6.03. The Labute approximate surface area is 101 Å². The Morgan fingerprint density at radius 1 is 1.47 bits per heavy atom. The predicted molar refractivity (Wildman–Crippen MR) is 61.3 cm³/mol. The molecule has 17 heavy (non-hydrogen) atoms. The largest absolute Gasteiger partial charge is 0.481 e. The number of alkyl halides is 1. The van der Waals surface area contributed by atoms with Gasteiger partial charge in [0, 0.05) is 19.5 Å². The first kappa shape index (κ1) is 13.9. The fourth-order valence-electron chi connectivity index (χ4n) is 2.24. The maximum Gasteiger partial charge on any atom is 0.308 e. The van der Waals surface area contributed by atoms with Gasteiger partial charge in [-0.3, -0.25) is 9.59 Å². The van der Waals surface area contributed by atoms with Gasteiger partial charge in [0.1, 0.15) is 6.17 Å². The quantitative estimate of drug-likeness (QED) is 0.820. The summed E-state index contributed by atoms with van der Waals surface area (Å²) in [5, 5.41) is 8.77. The van der Waals surface area contributed by atoms with E-state index >= 15 is 0 Å². The predicted octanol–water partition coefficient (Wildman–Crippen LogP) is 1.69. The van der Waals surface area contributed by atoms with E-state index in [1.165, 1.54) is 4.90 Å². The number of hydrogen-bond acceptors (Lipinski definition) is 2. The van der Waals surface area contributed by atoms with Crippen LogP contribution >= 0.6 is 0 Å². The van der Waals surface area contributed by atoms with Crippen molar-refractivity contribution < 1.29 is 19.1 Å². The number of carboxylic acid groups (broad SMARTS) is 1. The van der Waals surface area contributed by atoms with Crippen LogP contribution in [0.15, 0.2) is 0 Å². The van der Waals surface area contributed by atoms with Crippen molar-refractivity contribution in [2.45, 2.75) is 38.8 Å². The van der Waals surface area contributed by atoms with Crippen LogP contribution in [-0.2, 0) is 9.59 Å². The smallest absolute Gasteiger partial charge is 0.308 e. The van der Waals surface area contributed by atoms with Crippen molar-refractivity contribution in [3.8, 4) is 0 Å². The molecule has 1 saturated carbocycles. The Balaban J connectivity index is 2.48. The molecule has 0 saturated heterocycles. The van der Waals surface area contributed by atoms with E-state index in [-0.39, 0.29) is 24.8 Å². The zero-order valence-corrected chi connectivity index (χ0v) is 10.4. The third kappa shape index (κ3) is 3.98. The van der Waals surface area contributed by atoms with E-state index < -0.39 is 18.1 Å². The highest BCUT2D eigenvalue weighted by Gasteiger charge is 2.30. The summed E-state index contributed by atoms with van der Waals surface area (Å²) in [7, 11) is 1.59. The standard InChI is InChI=1S/C12H20FNO3/c1-8(12(16)17)7-14(2)11(15)9-4-3-5-10(13)6-9/h8-10H,3-7H2,1-2H3,(H,16,17). The van der Waals surface area contributed by atoms with Gasteiger partial charge in [-0.05, 0) is 25.7 Å². The van der Waals surface area contributed by atoms with Crippen molar-refractivity contribution >= 4 is 11.9 Å². The fraction of sp³-hybridized carbons (Fsp3) is 0.833. The van der Waals surface area contributed by atoms with E-state index in [4.69, 9.17) is 5.11 Å². The van der Waals surface area contributed by atoms with Crippen molar-refractivity contribution in [1.82, 2.24) is 4.90 Å². The second-order valence-corrected chi connectivity index (χ2v) is 4.92. The topological polar surface area (TPSA) is 57.6 Å². The number of carbonyl (C=O) groups excluding carboxylic acids is 1. The molecule has 98 valence electrons. The van der Waals surface area contributed by atoms with Crippen molar-refractivity contribution in [3.63, 3.8) is 0 Å². The summed E-state index contributed by atoms with van der Waals surface area (Å²) in [5.41, 5.74) is 0. The molecule has 0 aliphatic heterocycles. The van der Waals surface area contributed by atoms with Crippen molar-refractivity contribution in [2.75, 3.05) is 13.6 Å². The van der Waals surface area contributed by atoms with E-state index in [9.17, 15) is 14.0 Å². The van der Waals surface area contributed by atoms with Gasteiger partial charge < -0.3 is 10.0 Å². The third-order valence-corrected chi connectivity index (χ3v) is 3.30. The molecule has 1 fully saturated rings. The summed E-state index contributed by atoms with van der Waals surface area (Å²) in [6.07, 6.45) is 1.39. The number of amides is 1. The highest BCUT2D eigenvalue weighted by Crippen LogP contribution is 2.27. The highest BCUT2D eigenvalue weighted by molar-refractivity contribution is 5.79. The molecule has 0 bridgehead atoms. The summed E-state index contributed by atoms with van der Waals surface area (Å²) in [6, 6.07) is 0. The highest BCUT2D eigenvalue weighted by atomic mass is 19.1. The van der Waals surface area contributed by atoms with Crippen LogP contribution in [0.2, 0.25) is 0 Å². The van der Waals surface area contributed by atoms with Crippen LogP contribution in [0.4, 0.5) is 4.39 Å². The van der Waals surface area contributed by atoms with Crippen molar-refractivity contribution in [3.05, 3.63) is 0 Å². The van der Waals surface area contributed by atoms with Gasteiger partial charge >= 0.3 is 5.97 Å². The molecule has 1 amide bonds. The minimum absolute atomic E-state index is 0.125. The normalized spacial score (nSPS) is 26.3. The number of hydrogen-bond donors (Lipinski definition) is 1. The monoisotopic (exact) mass is 245 g/mol. The number of carboxylic acids is 1. The van der Waals surface area contributed by atoms with Gasteiger partial charge in [0.25, 0.3) is 0 Å². The maximum atomic E-state index is 13.2. The summed E-state index contributed by atoms with van der Waals surface area (Å²) >= 11 is 0. The van der Waals surface area contributed by atoms with Crippen LogP contribution in [0.5, 0.6) is 0 Å². The molecule has 1 N–H and O–H groups in total. The van der Waals surface area contributed by atoms with Crippen LogP contribution in [0, 0.1) is 11.8 Å². The molecule has 1 aliphatic carbocycles. The zero-order valence-electron chi connectivity index (χ0n) is 10.4. The van der Waals surface area contributed by atoms with E-state index in [1.54, 1.807) is 14.0 Å². The molecule has 3 atom stereocenters. The van der Waals surface area contributed by atoms with E-state index in [0.717, 1.165) is 6.42 Å². The number of halogens is 1. The average Bonchev–Trinajstić information content (AvgIpc) is 2.27. The number of aliphatic carboxylic acids is 1. The van der Waals surface area contributed by atoms with Crippen molar-refractivity contribution in [1.29, 1.82) is 0 Å². The van der Waals surface area contributed by atoms with E-state index in [0.29, 0.717) is 12.8 Å². The van der Waals surface area contributed by atoms with Gasteiger partial charge in [-0.1, -0.05) is 6.92 Å². The molecule has 0 heterocycles. The second kappa shape index (κ2) is 5.98. The average molecular weight is 245 g/mol. The van der Waals surface area contributed by atoms with E-state index in [2.05, 4.69) is 0 Å². The first-order chi connectivity index (χ1) is 7.91. The molecular weight excluding hydrogens is 225 g/mol. The molecule has 3 unspecified atom stereocenters. The van der Waals surface area contributed by atoms with E-state index in [1.807, 2.05) is 0 Å². The minimum atomic E-state index is -0.920. The van der Waals surface area contributed by atoms with Crippen molar-refractivity contribution in [2.24, 2.45) is 11.8 Å². The second-order valence-electron chi connectivity index (χ2n) is 4.92. The van der Waals surface area contributed by atoms with Gasteiger partial charge in [0.15, 0.2) is 0 Å². The Hall–Kier alpha value is -1.13. The summed E-state index contributed by atoms with van der Waals surface area (Å²) in [4.78, 5) is 24.1. The van der Waals surface area contributed by atoms with Gasteiger partial charge in [-0.15, -0.1) is 0 Å². The number of nitrogens with zero attached hydrogens (tertiary/aromatic N) is 1. The summed E-state index contributed by atoms with van der Waals surface area (Å²) in [5.74, 6) is -1.91. The Morgan fingerprint density at radius 2 is 2.12 bits per heavy atom. The summed E-state index contributed by atoms with van der Waals surface area (Å²) in [6.45, 7) is 1.74. The Bertz CT molecular complexity index is 295. The van der Waals surface area contributed by atoms with Crippen LogP contribution in [0.3, 0.4) is 0 Å². The van der Waals surface area contributed by atoms with Gasteiger partial charge in [-0.25, -0.2) is 4.39 Å². The van der Waals surface area contributed by atoms with Crippen LogP contribution in [0.1, 0.15) is 32.6 Å². The molecule has 5 heteroatoms. The van der Waals surface area contributed by atoms with Crippen LogP contribution in [0.25, 0.3) is 0 Å². The molecular formula is C12H20FNO3. The SMILES string of the molecule is CC(CN(C)C(=O)C1CCCC(F)C1)C(=O)O. The molecule has 1 rings (SSSR count). The first-order valence-corrected chi connectivity index (χ1v) is 6.03.